The summed E-state index contributed by atoms with van der Waals surface area (Å²) in [4.78, 5) is 0. The van der Waals surface area contributed by atoms with E-state index in [1.165, 1.54) is 0 Å². The Kier molecular flexibility index (Phi) is 5.77. The first-order valence-corrected chi connectivity index (χ1v) is 20.9. The molecule has 57 heavy (non-hydrogen) atoms. The first kappa shape index (κ1) is 24.3. The first-order valence-electron chi connectivity index (χ1n) is 23.9. The van der Waals surface area contributed by atoms with Crippen molar-refractivity contribution in [3.8, 4) is 22.5 Å². The van der Waals surface area contributed by atoms with Gasteiger partial charge in [0, 0.05) is 32.9 Å². The summed E-state index contributed by atoms with van der Waals surface area (Å²) in [6, 6.07) is 50.2. The predicted octanol–water partition coefficient (Wildman–Crippen LogP) is 10.9. The lowest BCUT2D eigenvalue weighted by atomic mass is 10.1. The Hall–Kier alpha value is -7.20. The quantitative estimate of drug-likeness (QED) is 0.113. The number of rotatable bonds is 7. The van der Waals surface area contributed by atoms with E-state index < -0.39 is 68.5 Å². The van der Waals surface area contributed by atoms with Crippen LogP contribution in [0.5, 0.6) is 0 Å². The number of hydrogen-bond donors (Lipinski definition) is 0. The number of nitrogens with zero attached hydrogens (tertiary/aromatic N) is 2. The van der Waals surface area contributed by atoms with E-state index in [1.807, 2.05) is 103 Å². The van der Waals surface area contributed by atoms with Gasteiger partial charge in [0.1, 0.15) is 0 Å². The molecule has 0 aliphatic rings. The summed E-state index contributed by atoms with van der Waals surface area (Å²) in [5.41, 5.74) is 7.40. The topological polar surface area (TPSA) is 9.86 Å². The molecule has 0 unspecified atom stereocenters. The zero-order chi connectivity index (χ0) is 46.5. The van der Waals surface area contributed by atoms with E-state index >= 15 is 0 Å². The van der Waals surface area contributed by atoms with Crippen LogP contribution in [0, 0.1) is 0 Å². The van der Waals surface area contributed by atoms with Gasteiger partial charge in [0.25, 0.3) is 0 Å². The van der Waals surface area contributed by atoms with Gasteiger partial charge in [-0.2, -0.15) is 0 Å². The van der Waals surface area contributed by atoms with Crippen LogP contribution in [0.15, 0.2) is 230 Å². The zero-order valence-corrected chi connectivity index (χ0v) is 31.6. The third kappa shape index (κ3) is 5.17. The van der Waals surface area contributed by atoms with Crippen LogP contribution in [0.3, 0.4) is 0 Å². The molecule has 0 bridgehead atoms. The summed E-state index contributed by atoms with van der Waals surface area (Å²) in [6.07, 6.45) is 0. The van der Waals surface area contributed by atoms with Crippen molar-refractivity contribution < 1.29 is 13.7 Å². The molecule has 0 atom stereocenters. The third-order valence-electron chi connectivity index (χ3n) is 11.2. The van der Waals surface area contributed by atoms with Gasteiger partial charge in [-0.05, 0) is 74.3 Å². The highest BCUT2D eigenvalue weighted by molar-refractivity contribution is 7.19. The molecule has 0 saturated heterocycles. The third-order valence-corrected chi connectivity index (χ3v) is 15.6. The van der Waals surface area contributed by atoms with Gasteiger partial charge in [0.15, 0.2) is 8.07 Å². The van der Waals surface area contributed by atoms with Crippen LogP contribution in [-0.2, 0) is 0 Å². The lowest BCUT2D eigenvalue weighted by molar-refractivity contribution is 1.17. The highest BCUT2D eigenvalue weighted by Gasteiger charge is 2.41. The molecule has 11 rings (SSSR count). The predicted molar refractivity (Wildman–Crippen MR) is 244 cm³/mol. The summed E-state index contributed by atoms with van der Waals surface area (Å²) >= 11 is 0. The number of benzene rings is 9. The van der Waals surface area contributed by atoms with Gasteiger partial charge in [-0.15, -0.1) is 0 Å². The van der Waals surface area contributed by atoms with Gasteiger partial charge >= 0.3 is 0 Å². The van der Waals surface area contributed by atoms with Crippen LogP contribution in [0.25, 0.3) is 66.1 Å². The van der Waals surface area contributed by atoms with E-state index in [2.05, 4.69) is 69.8 Å². The van der Waals surface area contributed by atoms with E-state index in [-0.39, 0.29) is 10.4 Å². The number of hydrogen-bond acceptors (Lipinski definition) is 0. The SMILES string of the molecule is [2H]c1c([2H])c([2H])c([Si](c2ccc(-n3c4ccccc4c4c3ccc3c5ccccc5n(-c5ccccc5)c34)cc2)(c2cccc(-c3ccccc3)c2)c2c([2H])c([2H])c([2H])c([2H])c2[2H])c([2H])c1[2H]. The number of para-hydroxylation sites is 3. The Morgan fingerprint density at radius 3 is 1.60 bits per heavy atom. The van der Waals surface area contributed by atoms with Crippen molar-refractivity contribution in [2.75, 3.05) is 0 Å². The Balaban J connectivity index is 1.25. The molecule has 0 N–H and O–H groups in total. The van der Waals surface area contributed by atoms with E-state index in [4.69, 9.17) is 8.22 Å². The number of aromatic nitrogens is 2. The molecule has 0 fully saturated rings. The monoisotopic (exact) mass is 752 g/mol. The smallest absolute Gasteiger partial charge is 0.179 e. The Morgan fingerprint density at radius 1 is 0.351 bits per heavy atom. The van der Waals surface area contributed by atoms with Crippen molar-refractivity contribution in [1.82, 2.24) is 9.13 Å². The van der Waals surface area contributed by atoms with E-state index in [9.17, 15) is 5.48 Å². The van der Waals surface area contributed by atoms with Gasteiger partial charge < -0.3 is 9.13 Å². The lowest BCUT2D eigenvalue weighted by Crippen LogP contribution is -2.74. The molecule has 2 nitrogen and oxygen atoms in total. The van der Waals surface area contributed by atoms with Gasteiger partial charge in [-0.3, -0.25) is 0 Å². The summed E-state index contributed by atoms with van der Waals surface area (Å²) in [6.45, 7) is 0. The zero-order valence-electron chi connectivity index (χ0n) is 40.6. The minimum atomic E-state index is -4.54. The molecule has 0 aliphatic heterocycles. The first-order chi connectivity index (χ1) is 32.4. The van der Waals surface area contributed by atoms with Crippen LogP contribution in [0.4, 0.5) is 0 Å². The van der Waals surface area contributed by atoms with E-state index in [0.717, 1.165) is 66.1 Å². The summed E-state index contributed by atoms with van der Waals surface area (Å²) in [5.74, 6) is 0. The van der Waals surface area contributed by atoms with Gasteiger partial charge in [-0.25, -0.2) is 0 Å². The fraction of sp³-hybridized carbons (Fsp3) is 0. The second-order valence-corrected chi connectivity index (χ2v) is 17.8. The van der Waals surface area contributed by atoms with Crippen molar-refractivity contribution in [3.05, 3.63) is 230 Å². The van der Waals surface area contributed by atoms with Crippen molar-refractivity contribution in [2.45, 2.75) is 0 Å². The fourth-order valence-corrected chi connectivity index (χ4v) is 12.9. The molecule has 9 aromatic carbocycles. The largest absolute Gasteiger partial charge is 0.309 e. The van der Waals surface area contributed by atoms with Crippen molar-refractivity contribution in [1.29, 1.82) is 0 Å². The lowest BCUT2D eigenvalue weighted by Gasteiger charge is -2.35. The minimum absolute atomic E-state index is 0.108. The van der Waals surface area contributed by atoms with Gasteiger partial charge in [0.05, 0.1) is 35.8 Å². The molecule has 0 radical (unpaired) electrons. The van der Waals surface area contributed by atoms with Crippen LogP contribution in [0.1, 0.15) is 13.7 Å². The van der Waals surface area contributed by atoms with Crippen molar-refractivity contribution in [3.63, 3.8) is 0 Å². The minimum Gasteiger partial charge on any atom is -0.309 e. The molecule has 0 saturated carbocycles. The fourth-order valence-electron chi connectivity index (χ4n) is 8.80. The Morgan fingerprint density at radius 2 is 0.912 bits per heavy atom. The van der Waals surface area contributed by atoms with Gasteiger partial charge in [-0.1, -0.05) is 188 Å². The molecule has 0 amide bonds. The van der Waals surface area contributed by atoms with E-state index in [0.29, 0.717) is 10.4 Å². The molecular formula is C54H38N2Si. The average Bonchev–Trinajstić information content (AvgIpc) is 3.89. The maximum absolute atomic E-state index is 9.57. The Labute approximate surface area is 347 Å². The van der Waals surface area contributed by atoms with Crippen LogP contribution in [0.2, 0.25) is 0 Å². The highest BCUT2D eigenvalue weighted by Crippen LogP contribution is 2.41. The van der Waals surface area contributed by atoms with Crippen molar-refractivity contribution in [2.24, 2.45) is 0 Å². The molecule has 0 aliphatic carbocycles. The second-order valence-electron chi connectivity index (χ2n) is 14.1. The molecule has 2 aromatic heterocycles. The molecular weight excluding hydrogens is 705 g/mol. The van der Waals surface area contributed by atoms with E-state index in [1.54, 1.807) is 6.07 Å². The summed E-state index contributed by atoms with van der Waals surface area (Å²) < 4.78 is 95.9. The normalized spacial score (nSPS) is 14.3. The summed E-state index contributed by atoms with van der Waals surface area (Å²) in [7, 11) is -4.54. The Bertz CT molecular complexity index is 3680. The van der Waals surface area contributed by atoms with Crippen molar-refractivity contribution >= 4 is 72.4 Å². The van der Waals surface area contributed by atoms with Crippen LogP contribution in [-0.4, -0.2) is 17.2 Å². The molecule has 0 spiro atoms. The molecule has 2 heterocycles. The highest BCUT2D eigenvalue weighted by atomic mass is 28.3. The standard InChI is InChI=1S/C54H38N2Si/c1-5-18-39(19-6-1)40-20-17-27-46(38-40)57(43-23-9-3-10-24-43,44-25-11-4-12-26-44)45-34-32-42(33-35-45)55-51-31-16-14-29-49(51)53-52(55)37-36-48-47-28-13-15-30-50(47)56(54(48)53)41-21-7-2-8-22-41/h1-38H/i3D,4D,9D,10D,11D,12D,23D,24D,25D,26D. The average molecular weight is 753 g/mol. The maximum Gasteiger partial charge on any atom is 0.179 e. The molecule has 3 heteroatoms. The van der Waals surface area contributed by atoms with Crippen LogP contribution < -0.4 is 20.7 Å². The molecule has 268 valence electrons. The summed E-state index contributed by atoms with van der Waals surface area (Å²) in [5, 5.41) is 5.05. The van der Waals surface area contributed by atoms with Gasteiger partial charge in [0.2, 0.25) is 0 Å². The van der Waals surface area contributed by atoms with Crippen LogP contribution >= 0.6 is 0 Å². The molecule has 11 aromatic rings. The maximum atomic E-state index is 9.57. The number of fused-ring (bicyclic) bond motifs is 7. The second kappa shape index (κ2) is 13.5.